The molecule has 1 amide bonds. The standard InChI is InChI=1S/C11H17N3O.2ClH/c1-8(12-3)7-14-11(15)10-5-4-6-13-9(10)2;;/h4-6,8,12H,7H2,1-3H3,(H,14,15);2*1H. The number of halogens is 2. The first kappa shape index (κ1) is 18.5. The molecular weight excluding hydrogens is 261 g/mol. The van der Waals surface area contributed by atoms with Crippen molar-refractivity contribution >= 4 is 30.7 Å². The molecule has 0 aromatic carbocycles. The molecule has 1 aromatic rings. The molecule has 1 unspecified atom stereocenters. The van der Waals surface area contributed by atoms with Crippen molar-refractivity contribution in [2.45, 2.75) is 19.9 Å². The van der Waals surface area contributed by atoms with Gasteiger partial charge in [-0.15, -0.1) is 24.8 Å². The van der Waals surface area contributed by atoms with Crippen LogP contribution in [0.5, 0.6) is 0 Å². The number of hydrogen-bond donors (Lipinski definition) is 2. The van der Waals surface area contributed by atoms with Gasteiger partial charge in [0.15, 0.2) is 0 Å². The minimum Gasteiger partial charge on any atom is -0.350 e. The van der Waals surface area contributed by atoms with Crippen LogP contribution in [0.15, 0.2) is 18.3 Å². The lowest BCUT2D eigenvalue weighted by molar-refractivity contribution is 0.0949. The average molecular weight is 280 g/mol. The predicted molar refractivity (Wildman–Crippen MR) is 74.3 cm³/mol. The van der Waals surface area contributed by atoms with Crippen LogP contribution in [0.1, 0.15) is 23.0 Å². The summed E-state index contributed by atoms with van der Waals surface area (Å²) in [4.78, 5) is 15.8. The number of likely N-dealkylation sites (N-methyl/N-ethyl adjacent to an activating group) is 1. The van der Waals surface area contributed by atoms with Crippen LogP contribution in [0, 0.1) is 6.92 Å². The fourth-order valence-electron chi connectivity index (χ4n) is 1.17. The van der Waals surface area contributed by atoms with Crippen LogP contribution in [-0.2, 0) is 0 Å². The molecule has 0 spiro atoms. The van der Waals surface area contributed by atoms with Crippen LogP contribution in [0.4, 0.5) is 0 Å². The third-order valence-corrected chi connectivity index (χ3v) is 2.31. The maximum absolute atomic E-state index is 11.7. The normalized spacial score (nSPS) is 10.8. The molecule has 0 aliphatic carbocycles. The summed E-state index contributed by atoms with van der Waals surface area (Å²) in [5.41, 5.74) is 1.40. The minimum absolute atomic E-state index is 0. The van der Waals surface area contributed by atoms with Crippen LogP contribution in [0.25, 0.3) is 0 Å². The zero-order chi connectivity index (χ0) is 11.3. The Morgan fingerprint density at radius 1 is 1.47 bits per heavy atom. The van der Waals surface area contributed by atoms with Crippen molar-refractivity contribution < 1.29 is 4.79 Å². The van der Waals surface area contributed by atoms with E-state index in [-0.39, 0.29) is 36.8 Å². The van der Waals surface area contributed by atoms with Crippen LogP contribution in [0.3, 0.4) is 0 Å². The number of aryl methyl sites for hydroxylation is 1. The summed E-state index contributed by atoms with van der Waals surface area (Å²) in [7, 11) is 1.87. The lowest BCUT2D eigenvalue weighted by atomic mass is 10.2. The number of hydrogen-bond acceptors (Lipinski definition) is 3. The Hall–Kier alpha value is -0.840. The predicted octanol–water partition coefficient (Wildman–Crippen LogP) is 1.57. The topological polar surface area (TPSA) is 54.0 Å². The maximum atomic E-state index is 11.7. The van der Waals surface area contributed by atoms with Gasteiger partial charge >= 0.3 is 0 Å². The second kappa shape index (κ2) is 9.22. The van der Waals surface area contributed by atoms with E-state index in [1.54, 1.807) is 18.3 Å². The molecule has 0 saturated heterocycles. The van der Waals surface area contributed by atoms with Crippen LogP contribution >= 0.6 is 24.8 Å². The molecule has 17 heavy (non-hydrogen) atoms. The quantitative estimate of drug-likeness (QED) is 0.880. The van der Waals surface area contributed by atoms with E-state index >= 15 is 0 Å². The molecule has 0 aliphatic rings. The largest absolute Gasteiger partial charge is 0.350 e. The molecule has 2 N–H and O–H groups in total. The van der Waals surface area contributed by atoms with Crippen molar-refractivity contribution in [2.75, 3.05) is 13.6 Å². The molecular formula is C11H19Cl2N3O. The molecule has 1 heterocycles. The summed E-state index contributed by atoms with van der Waals surface area (Å²) in [6.07, 6.45) is 1.68. The van der Waals surface area contributed by atoms with Gasteiger partial charge in [0.05, 0.1) is 5.56 Å². The monoisotopic (exact) mass is 279 g/mol. The highest BCUT2D eigenvalue weighted by Gasteiger charge is 2.09. The van der Waals surface area contributed by atoms with Crippen LogP contribution < -0.4 is 10.6 Å². The summed E-state index contributed by atoms with van der Waals surface area (Å²) in [6, 6.07) is 3.82. The molecule has 6 heteroatoms. The first-order valence-corrected chi connectivity index (χ1v) is 5.02. The number of aromatic nitrogens is 1. The van der Waals surface area contributed by atoms with Gasteiger partial charge in [-0.3, -0.25) is 9.78 Å². The highest BCUT2D eigenvalue weighted by atomic mass is 35.5. The molecule has 98 valence electrons. The Balaban J connectivity index is 0. The van der Waals surface area contributed by atoms with Gasteiger partial charge in [0.2, 0.25) is 0 Å². The molecule has 4 nitrogen and oxygen atoms in total. The lowest BCUT2D eigenvalue weighted by Gasteiger charge is -2.11. The van der Waals surface area contributed by atoms with Gasteiger partial charge in [-0.25, -0.2) is 0 Å². The Morgan fingerprint density at radius 3 is 2.65 bits per heavy atom. The van der Waals surface area contributed by atoms with Crippen molar-refractivity contribution in [1.82, 2.24) is 15.6 Å². The Morgan fingerprint density at radius 2 is 2.12 bits per heavy atom. The number of carbonyl (C=O) groups is 1. The smallest absolute Gasteiger partial charge is 0.253 e. The third-order valence-electron chi connectivity index (χ3n) is 2.31. The number of amides is 1. The second-order valence-electron chi connectivity index (χ2n) is 3.54. The fourth-order valence-corrected chi connectivity index (χ4v) is 1.17. The van der Waals surface area contributed by atoms with Gasteiger partial charge in [-0.1, -0.05) is 0 Å². The van der Waals surface area contributed by atoms with Gasteiger partial charge in [0, 0.05) is 24.5 Å². The highest BCUT2D eigenvalue weighted by molar-refractivity contribution is 5.95. The van der Waals surface area contributed by atoms with Crippen LogP contribution in [0.2, 0.25) is 0 Å². The van der Waals surface area contributed by atoms with Crippen molar-refractivity contribution in [1.29, 1.82) is 0 Å². The molecule has 1 atom stereocenters. The van der Waals surface area contributed by atoms with E-state index < -0.39 is 0 Å². The fraction of sp³-hybridized carbons (Fsp3) is 0.455. The number of pyridine rings is 1. The number of nitrogens with one attached hydrogen (secondary N) is 2. The Kier molecular flexibility index (Phi) is 10.0. The molecule has 1 rings (SSSR count). The summed E-state index contributed by atoms with van der Waals surface area (Å²) < 4.78 is 0. The second-order valence-corrected chi connectivity index (χ2v) is 3.54. The molecule has 0 aliphatic heterocycles. The summed E-state index contributed by atoms with van der Waals surface area (Å²) in [5.74, 6) is -0.0669. The SMILES string of the molecule is CNC(C)CNC(=O)c1cccnc1C.Cl.Cl. The van der Waals surface area contributed by atoms with E-state index in [1.807, 2.05) is 20.9 Å². The molecule has 0 saturated carbocycles. The van der Waals surface area contributed by atoms with E-state index in [0.29, 0.717) is 12.1 Å². The van der Waals surface area contributed by atoms with Gasteiger partial charge < -0.3 is 10.6 Å². The van der Waals surface area contributed by atoms with Crippen molar-refractivity contribution in [3.05, 3.63) is 29.6 Å². The molecule has 0 fully saturated rings. The minimum atomic E-state index is -0.0669. The Bertz CT molecular complexity index is 347. The number of nitrogens with zero attached hydrogens (tertiary/aromatic N) is 1. The lowest BCUT2D eigenvalue weighted by Crippen LogP contribution is -2.37. The van der Waals surface area contributed by atoms with Crippen molar-refractivity contribution in [3.8, 4) is 0 Å². The van der Waals surface area contributed by atoms with Crippen molar-refractivity contribution in [2.24, 2.45) is 0 Å². The van der Waals surface area contributed by atoms with E-state index in [2.05, 4.69) is 15.6 Å². The summed E-state index contributed by atoms with van der Waals surface area (Å²) >= 11 is 0. The van der Waals surface area contributed by atoms with E-state index in [4.69, 9.17) is 0 Å². The molecule has 0 radical (unpaired) electrons. The van der Waals surface area contributed by atoms with E-state index in [1.165, 1.54) is 0 Å². The first-order chi connectivity index (χ1) is 7.15. The third kappa shape index (κ3) is 5.86. The molecule has 0 bridgehead atoms. The van der Waals surface area contributed by atoms with E-state index in [0.717, 1.165) is 5.69 Å². The Labute approximate surface area is 114 Å². The zero-order valence-corrected chi connectivity index (χ0v) is 11.8. The molecule has 1 aromatic heterocycles. The van der Waals surface area contributed by atoms with Gasteiger partial charge in [0.1, 0.15) is 0 Å². The van der Waals surface area contributed by atoms with E-state index in [9.17, 15) is 4.79 Å². The first-order valence-electron chi connectivity index (χ1n) is 5.02. The van der Waals surface area contributed by atoms with Crippen LogP contribution in [-0.4, -0.2) is 30.5 Å². The maximum Gasteiger partial charge on any atom is 0.253 e. The van der Waals surface area contributed by atoms with Crippen molar-refractivity contribution in [3.63, 3.8) is 0 Å². The van der Waals surface area contributed by atoms with Gasteiger partial charge in [-0.2, -0.15) is 0 Å². The summed E-state index contributed by atoms with van der Waals surface area (Å²) in [6.45, 7) is 4.45. The summed E-state index contributed by atoms with van der Waals surface area (Å²) in [5, 5.41) is 5.91. The van der Waals surface area contributed by atoms with Gasteiger partial charge in [0.25, 0.3) is 5.91 Å². The average Bonchev–Trinajstić information content (AvgIpc) is 2.26. The number of rotatable bonds is 4. The number of carbonyl (C=O) groups excluding carboxylic acids is 1. The van der Waals surface area contributed by atoms with Gasteiger partial charge in [-0.05, 0) is 33.0 Å². The highest BCUT2D eigenvalue weighted by Crippen LogP contribution is 2.02. The zero-order valence-electron chi connectivity index (χ0n) is 10.2.